The Balaban J connectivity index is 1.58. The maximum Gasteiger partial charge on any atom is 0.356 e. The van der Waals surface area contributed by atoms with Crippen LogP contribution < -0.4 is 20.1 Å². The number of amides is 2. The van der Waals surface area contributed by atoms with Crippen molar-refractivity contribution in [3.63, 3.8) is 0 Å². The lowest BCUT2D eigenvalue weighted by atomic mass is 10.2. The Bertz CT molecular complexity index is 1540. The smallest absolute Gasteiger partial charge is 0.356 e. The van der Waals surface area contributed by atoms with Gasteiger partial charge in [-0.25, -0.2) is 4.79 Å². The summed E-state index contributed by atoms with van der Waals surface area (Å²) in [5, 5.41) is 14.5. The summed E-state index contributed by atoms with van der Waals surface area (Å²) in [4.78, 5) is 38.5. The molecule has 0 saturated carbocycles. The quantitative estimate of drug-likeness (QED) is 0.159. The number of hydrogen-bond donors (Lipinski definition) is 2. The SMILES string of the molecule is CCCCCC(=O)Nc1cc(C(=O)Nc2cc(C(=O)OC)n(Cc3ccc(OC)cc3)n2)n(Cc2ccc(OC)cc2)n1. The van der Waals surface area contributed by atoms with E-state index in [1.807, 2.05) is 48.5 Å². The number of carbonyl (C=O) groups is 3. The summed E-state index contributed by atoms with van der Waals surface area (Å²) in [6.07, 6.45) is 3.08. The molecule has 2 aromatic heterocycles. The zero-order chi connectivity index (χ0) is 30.8. The molecule has 0 unspecified atom stereocenters. The van der Waals surface area contributed by atoms with Crippen LogP contribution in [0.25, 0.3) is 0 Å². The van der Waals surface area contributed by atoms with Crippen LogP contribution in [0, 0.1) is 0 Å². The molecule has 2 aromatic carbocycles. The minimum Gasteiger partial charge on any atom is -0.497 e. The summed E-state index contributed by atoms with van der Waals surface area (Å²) in [6.45, 7) is 2.59. The van der Waals surface area contributed by atoms with Gasteiger partial charge in [0.2, 0.25) is 5.91 Å². The van der Waals surface area contributed by atoms with E-state index in [4.69, 9.17) is 14.2 Å². The van der Waals surface area contributed by atoms with Gasteiger partial charge in [0.25, 0.3) is 5.91 Å². The van der Waals surface area contributed by atoms with Gasteiger partial charge >= 0.3 is 5.97 Å². The summed E-state index contributed by atoms with van der Waals surface area (Å²) in [5.41, 5.74) is 2.10. The number of benzene rings is 2. The number of unbranched alkanes of at least 4 members (excludes halogenated alkanes) is 2. The Labute approximate surface area is 249 Å². The summed E-state index contributed by atoms with van der Waals surface area (Å²) >= 11 is 0. The Morgan fingerprint density at radius 3 is 1.74 bits per heavy atom. The monoisotopic (exact) mass is 588 g/mol. The fraction of sp³-hybridized carbons (Fsp3) is 0.323. The fourth-order valence-corrected chi connectivity index (χ4v) is 4.38. The molecule has 0 aliphatic heterocycles. The van der Waals surface area contributed by atoms with Crippen LogP contribution in [0.5, 0.6) is 11.5 Å². The van der Waals surface area contributed by atoms with Crippen LogP contribution in [-0.4, -0.2) is 58.7 Å². The van der Waals surface area contributed by atoms with Crippen molar-refractivity contribution in [3.05, 3.63) is 83.2 Å². The van der Waals surface area contributed by atoms with Crippen molar-refractivity contribution in [2.45, 2.75) is 45.7 Å². The minimum absolute atomic E-state index is 0.154. The van der Waals surface area contributed by atoms with Gasteiger partial charge in [-0.2, -0.15) is 10.2 Å². The van der Waals surface area contributed by atoms with E-state index in [2.05, 4.69) is 27.8 Å². The molecule has 0 atom stereocenters. The van der Waals surface area contributed by atoms with Crippen molar-refractivity contribution in [3.8, 4) is 11.5 Å². The number of rotatable bonds is 14. The number of methoxy groups -OCH3 is 3. The van der Waals surface area contributed by atoms with Gasteiger partial charge in [0, 0.05) is 18.6 Å². The number of nitrogens with one attached hydrogen (secondary N) is 2. The highest BCUT2D eigenvalue weighted by Gasteiger charge is 2.21. The second-order valence-corrected chi connectivity index (χ2v) is 9.79. The number of ether oxygens (including phenoxy) is 3. The summed E-state index contributed by atoms with van der Waals surface area (Å²) < 4.78 is 18.4. The molecule has 12 heteroatoms. The average Bonchev–Trinajstić information content (AvgIpc) is 3.60. The van der Waals surface area contributed by atoms with E-state index in [1.165, 1.54) is 28.6 Å². The van der Waals surface area contributed by atoms with Crippen molar-refractivity contribution in [2.24, 2.45) is 0 Å². The van der Waals surface area contributed by atoms with E-state index in [0.29, 0.717) is 17.9 Å². The molecule has 0 aliphatic carbocycles. The number of aromatic nitrogens is 4. The molecule has 0 spiro atoms. The highest BCUT2D eigenvalue weighted by molar-refractivity contribution is 6.04. The van der Waals surface area contributed by atoms with Crippen LogP contribution in [0.3, 0.4) is 0 Å². The van der Waals surface area contributed by atoms with Crippen molar-refractivity contribution in [1.29, 1.82) is 0 Å². The third-order valence-corrected chi connectivity index (χ3v) is 6.69. The number of anilines is 2. The van der Waals surface area contributed by atoms with Gasteiger partial charge in [-0.1, -0.05) is 44.0 Å². The first-order valence-electron chi connectivity index (χ1n) is 13.9. The molecular weight excluding hydrogens is 552 g/mol. The van der Waals surface area contributed by atoms with Gasteiger partial charge in [-0.05, 0) is 41.8 Å². The molecule has 43 heavy (non-hydrogen) atoms. The third kappa shape index (κ3) is 8.22. The highest BCUT2D eigenvalue weighted by atomic mass is 16.5. The lowest BCUT2D eigenvalue weighted by molar-refractivity contribution is -0.116. The van der Waals surface area contributed by atoms with E-state index >= 15 is 0 Å². The second kappa shape index (κ2) is 14.7. The molecular formula is C31H36N6O6. The molecule has 4 rings (SSSR count). The molecule has 0 bridgehead atoms. The van der Waals surface area contributed by atoms with Crippen LogP contribution in [0.1, 0.15) is 64.7 Å². The van der Waals surface area contributed by atoms with E-state index in [0.717, 1.165) is 30.4 Å². The van der Waals surface area contributed by atoms with Crippen LogP contribution in [0.4, 0.5) is 11.6 Å². The summed E-state index contributed by atoms with van der Waals surface area (Å²) in [5.74, 6) is 0.537. The molecule has 4 aromatic rings. The number of esters is 1. The zero-order valence-electron chi connectivity index (χ0n) is 24.8. The second-order valence-electron chi connectivity index (χ2n) is 9.79. The third-order valence-electron chi connectivity index (χ3n) is 6.69. The van der Waals surface area contributed by atoms with Gasteiger partial charge in [0.05, 0.1) is 34.4 Å². The molecule has 0 saturated heterocycles. The highest BCUT2D eigenvalue weighted by Crippen LogP contribution is 2.20. The topological polar surface area (TPSA) is 139 Å². The zero-order valence-corrected chi connectivity index (χ0v) is 24.8. The molecule has 2 heterocycles. The fourth-order valence-electron chi connectivity index (χ4n) is 4.38. The Morgan fingerprint density at radius 2 is 1.23 bits per heavy atom. The van der Waals surface area contributed by atoms with Crippen molar-refractivity contribution in [1.82, 2.24) is 19.6 Å². The van der Waals surface area contributed by atoms with Crippen LogP contribution >= 0.6 is 0 Å². The maximum absolute atomic E-state index is 13.5. The molecule has 0 radical (unpaired) electrons. The predicted octanol–water partition coefficient (Wildman–Crippen LogP) is 4.75. The Hall–Kier alpha value is -5.13. The molecule has 226 valence electrons. The summed E-state index contributed by atoms with van der Waals surface area (Å²) in [6, 6.07) is 17.7. The first kappa shape index (κ1) is 30.8. The van der Waals surface area contributed by atoms with Gasteiger partial charge in [0.1, 0.15) is 22.9 Å². The average molecular weight is 589 g/mol. The molecule has 0 aliphatic rings. The first-order chi connectivity index (χ1) is 20.8. The van der Waals surface area contributed by atoms with E-state index < -0.39 is 11.9 Å². The van der Waals surface area contributed by atoms with E-state index in [1.54, 1.807) is 14.2 Å². The maximum atomic E-state index is 13.5. The lowest BCUT2D eigenvalue weighted by Gasteiger charge is -2.08. The largest absolute Gasteiger partial charge is 0.497 e. The molecule has 2 amide bonds. The number of nitrogens with zero attached hydrogens (tertiary/aromatic N) is 4. The van der Waals surface area contributed by atoms with Crippen molar-refractivity contribution in [2.75, 3.05) is 32.0 Å². The number of carbonyl (C=O) groups excluding carboxylic acids is 3. The van der Waals surface area contributed by atoms with Crippen molar-refractivity contribution >= 4 is 29.4 Å². The normalized spacial score (nSPS) is 10.7. The van der Waals surface area contributed by atoms with E-state index in [-0.39, 0.29) is 42.0 Å². The van der Waals surface area contributed by atoms with E-state index in [9.17, 15) is 14.4 Å². The van der Waals surface area contributed by atoms with Gasteiger partial charge < -0.3 is 24.8 Å². The molecule has 12 nitrogen and oxygen atoms in total. The summed E-state index contributed by atoms with van der Waals surface area (Å²) in [7, 11) is 4.45. The molecule has 0 fully saturated rings. The predicted molar refractivity (Wildman–Crippen MR) is 161 cm³/mol. The molecule has 2 N–H and O–H groups in total. The Kier molecular flexibility index (Phi) is 10.5. The standard InChI is InChI=1S/C31H36N6O6/c1-5-6-7-8-29(38)32-27-17-25(36(34-27)19-21-9-13-23(41-2)14-10-21)30(39)33-28-18-26(31(40)43-4)37(35-28)20-22-11-15-24(42-3)16-12-22/h9-18H,5-8,19-20H2,1-4H3,(H,32,34,38)(H,33,35,39). The van der Waals surface area contributed by atoms with Crippen LogP contribution in [-0.2, 0) is 22.6 Å². The van der Waals surface area contributed by atoms with Gasteiger partial charge in [-0.3, -0.25) is 19.0 Å². The Morgan fingerprint density at radius 1 is 0.721 bits per heavy atom. The van der Waals surface area contributed by atoms with Gasteiger partial charge in [-0.15, -0.1) is 0 Å². The van der Waals surface area contributed by atoms with Crippen LogP contribution in [0.15, 0.2) is 60.7 Å². The van der Waals surface area contributed by atoms with Crippen LogP contribution in [0.2, 0.25) is 0 Å². The first-order valence-corrected chi connectivity index (χ1v) is 13.9. The number of hydrogen-bond acceptors (Lipinski definition) is 8. The minimum atomic E-state index is -0.598. The van der Waals surface area contributed by atoms with Crippen molar-refractivity contribution < 1.29 is 28.6 Å². The lowest BCUT2D eigenvalue weighted by Crippen LogP contribution is -2.19. The van der Waals surface area contributed by atoms with Gasteiger partial charge in [0.15, 0.2) is 11.6 Å².